The molecule has 1 aromatic carbocycles. The van der Waals surface area contributed by atoms with E-state index in [1.165, 1.54) is 17.0 Å². The van der Waals surface area contributed by atoms with Gasteiger partial charge in [0.2, 0.25) is 5.91 Å². The highest BCUT2D eigenvalue weighted by Crippen LogP contribution is 2.24. The summed E-state index contributed by atoms with van der Waals surface area (Å²) in [5.74, 6) is -0.377. The van der Waals surface area contributed by atoms with Gasteiger partial charge in [-0.25, -0.2) is 9.18 Å². The van der Waals surface area contributed by atoms with Crippen LogP contribution in [0.1, 0.15) is 12.8 Å². The van der Waals surface area contributed by atoms with Crippen molar-refractivity contribution < 1.29 is 14.0 Å². The standard InChI is InChI=1S/C16H20FN5O2/c1-21(2)16(24)22-7-5-10(6-8-22)15(23)18-14-12-9-11(17)3-4-13(12)19-20-14/h3-4,9-10H,5-8H2,1-2H3,(H2,18,19,20,23). The average molecular weight is 333 g/mol. The summed E-state index contributed by atoms with van der Waals surface area (Å²) in [5, 5.41) is 10.1. The highest BCUT2D eigenvalue weighted by molar-refractivity contribution is 6.00. The predicted octanol–water partition coefficient (Wildman–Crippen LogP) is 2.03. The van der Waals surface area contributed by atoms with Gasteiger partial charge in [0.1, 0.15) is 5.82 Å². The molecule has 3 rings (SSSR count). The monoisotopic (exact) mass is 333 g/mol. The number of carbonyl (C=O) groups is 2. The number of nitrogens with zero attached hydrogens (tertiary/aromatic N) is 3. The Morgan fingerprint density at radius 2 is 2.04 bits per heavy atom. The van der Waals surface area contributed by atoms with Crippen LogP contribution in [-0.2, 0) is 4.79 Å². The van der Waals surface area contributed by atoms with Crippen molar-refractivity contribution in [3.8, 4) is 0 Å². The van der Waals surface area contributed by atoms with E-state index < -0.39 is 0 Å². The maximum atomic E-state index is 13.4. The van der Waals surface area contributed by atoms with Gasteiger partial charge in [0.15, 0.2) is 5.82 Å². The molecule has 1 aliphatic rings. The zero-order valence-electron chi connectivity index (χ0n) is 13.7. The van der Waals surface area contributed by atoms with Crippen molar-refractivity contribution in [1.29, 1.82) is 0 Å². The lowest BCUT2D eigenvalue weighted by Crippen LogP contribution is -2.45. The molecule has 0 saturated carbocycles. The number of carbonyl (C=O) groups excluding carboxylic acids is 2. The number of benzene rings is 1. The number of urea groups is 1. The van der Waals surface area contributed by atoms with Crippen molar-refractivity contribution in [2.45, 2.75) is 12.8 Å². The first-order valence-electron chi connectivity index (χ1n) is 7.86. The van der Waals surface area contributed by atoms with Crippen molar-refractivity contribution in [3.63, 3.8) is 0 Å². The van der Waals surface area contributed by atoms with Crippen LogP contribution in [0.15, 0.2) is 18.2 Å². The van der Waals surface area contributed by atoms with E-state index >= 15 is 0 Å². The van der Waals surface area contributed by atoms with Gasteiger partial charge in [-0.3, -0.25) is 9.89 Å². The minimum Gasteiger partial charge on any atom is -0.331 e. The quantitative estimate of drug-likeness (QED) is 0.882. The molecule has 2 aromatic rings. The van der Waals surface area contributed by atoms with E-state index in [9.17, 15) is 14.0 Å². The van der Waals surface area contributed by atoms with E-state index in [2.05, 4.69) is 15.5 Å². The summed E-state index contributed by atoms with van der Waals surface area (Å²) >= 11 is 0. The Morgan fingerprint density at radius 1 is 1.33 bits per heavy atom. The molecule has 2 heterocycles. The highest BCUT2D eigenvalue weighted by atomic mass is 19.1. The Labute approximate surface area is 138 Å². The summed E-state index contributed by atoms with van der Waals surface area (Å²) in [6, 6.07) is 4.22. The molecule has 0 unspecified atom stereocenters. The van der Waals surface area contributed by atoms with E-state index in [0.717, 1.165) is 0 Å². The topological polar surface area (TPSA) is 81.3 Å². The number of amides is 3. The summed E-state index contributed by atoms with van der Waals surface area (Å²) in [4.78, 5) is 27.6. The maximum Gasteiger partial charge on any atom is 0.319 e. The van der Waals surface area contributed by atoms with Crippen LogP contribution in [0.25, 0.3) is 10.9 Å². The minimum atomic E-state index is -0.380. The number of fused-ring (bicyclic) bond motifs is 1. The summed E-state index contributed by atoms with van der Waals surface area (Å²) in [5.41, 5.74) is 0.665. The second-order valence-electron chi connectivity index (χ2n) is 6.19. The Hall–Kier alpha value is -2.64. The molecule has 0 bridgehead atoms. The predicted molar refractivity (Wildman–Crippen MR) is 88.1 cm³/mol. The van der Waals surface area contributed by atoms with Gasteiger partial charge in [0, 0.05) is 38.5 Å². The van der Waals surface area contributed by atoms with E-state index in [4.69, 9.17) is 0 Å². The summed E-state index contributed by atoms with van der Waals surface area (Å²) < 4.78 is 13.4. The molecule has 1 saturated heterocycles. The third-order valence-electron chi connectivity index (χ3n) is 4.29. The lowest BCUT2D eigenvalue weighted by Gasteiger charge is -2.32. The zero-order valence-corrected chi connectivity index (χ0v) is 13.7. The highest BCUT2D eigenvalue weighted by Gasteiger charge is 2.28. The van der Waals surface area contributed by atoms with Crippen LogP contribution in [0.5, 0.6) is 0 Å². The normalized spacial score (nSPS) is 15.5. The number of nitrogens with one attached hydrogen (secondary N) is 2. The van der Waals surface area contributed by atoms with Crippen LogP contribution < -0.4 is 5.32 Å². The van der Waals surface area contributed by atoms with Gasteiger partial charge in [-0.05, 0) is 31.0 Å². The molecule has 3 amide bonds. The summed E-state index contributed by atoms with van der Waals surface area (Å²) in [6.07, 6.45) is 1.20. The van der Waals surface area contributed by atoms with Crippen LogP contribution >= 0.6 is 0 Å². The fourth-order valence-electron chi connectivity index (χ4n) is 2.92. The average Bonchev–Trinajstić information content (AvgIpc) is 2.96. The van der Waals surface area contributed by atoms with Gasteiger partial charge in [-0.15, -0.1) is 0 Å². The molecule has 7 nitrogen and oxygen atoms in total. The third-order valence-corrected chi connectivity index (χ3v) is 4.29. The number of halogens is 1. The molecule has 0 radical (unpaired) electrons. The zero-order chi connectivity index (χ0) is 17.3. The van der Waals surface area contributed by atoms with Crippen molar-refractivity contribution in [2.75, 3.05) is 32.5 Å². The first kappa shape index (κ1) is 16.2. The molecule has 8 heteroatoms. The first-order valence-corrected chi connectivity index (χ1v) is 7.86. The number of rotatable bonds is 2. The number of hydrogen-bond acceptors (Lipinski definition) is 3. The lowest BCUT2D eigenvalue weighted by molar-refractivity contribution is -0.121. The van der Waals surface area contributed by atoms with Gasteiger partial charge >= 0.3 is 6.03 Å². The van der Waals surface area contributed by atoms with Crippen molar-refractivity contribution in [3.05, 3.63) is 24.0 Å². The Morgan fingerprint density at radius 3 is 2.71 bits per heavy atom. The third kappa shape index (κ3) is 3.17. The number of aromatic amines is 1. The Kier molecular flexibility index (Phi) is 4.37. The number of likely N-dealkylation sites (tertiary alicyclic amines) is 1. The molecular formula is C16H20FN5O2. The van der Waals surface area contributed by atoms with E-state index in [0.29, 0.717) is 42.7 Å². The van der Waals surface area contributed by atoms with Crippen LogP contribution in [0.4, 0.5) is 15.0 Å². The van der Waals surface area contributed by atoms with E-state index in [1.54, 1.807) is 25.1 Å². The number of hydrogen-bond donors (Lipinski definition) is 2. The van der Waals surface area contributed by atoms with Crippen LogP contribution in [-0.4, -0.2) is 59.1 Å². The lowest BCUT2D eigenvalue weighted by atomic mass is 9.96. The van der Waals surface area contributed by atoms with E-state index in [-0.39, 0.29) is 23.7 Å². The number of aromatic nitrogens is 2. The number of piperidine rings is 1. The smallest absolute Gasteiger partial charge is 0.319 e. The fourth-order valence-corrected chi connectivity index (χ4v) is 2.92. The summed E-state index contributed by atoms with van der Waals surface area (Å²) in [7, 11) is 3.42. The molecule has 1 fully saturated rings. The molecule has 2 N–H and O–H groups in total. The van der Waals surface area contributed by atoms with E-state index in [1.807, 2.05) is 0 Å². The molecule has 0 atom stereocenters. The van der Waals surface area contributed by atoms with Gasteiger partial charge < -0.3 is 15.1 Å². The number of anilines is 1. The molecule has 128 valence electrons. The van der Waals surface area contributed by atoms with Crippen LogP contribution in [0.2, 0.25) is 0 Å². The van der Waals surface area contributed by atoms with Gasteiger partial charge in [-0.2, -0.15) is 5.10 Å². The first-order chi connectivity index (χ1) is 11.5. The number of H-pyrrole nitrogens is 1. The second kappa shape index (κ2) is 6.46. The molecule has 24 heavy (non-hydrogen) atoms. The molecule has 0 aliphatic carbocycles. The van der Waals surface area contributed by atoms with Crippen molar-refractivity contribution in [2.24, 2.45) is 5.92 Å². The molecule has 1 aromatic heterocycles. The van der Waals surface area contributed by atoms with Gasteiger partial charge in [0.05, 0.1) is 5.52 Å². The van der Waals surface area contributed by atoms with Crippen LogP contribution in [0, 0.1) is 11.7 Å². The van der Waals surface area contributed by atoms with Crippen molar-refractivity contribution in [1.82, 2.24) is 20.0 Å². The summed E-state index contributed by atoms with van der Waals surface area (Å²) in [6.45, 7) is 1.09. The SMILES string of the molecule is CN(C)C(=O)N1CCC(C(=O)Nc2n[nH]c3ccc(F)cc23)CC1. The van der Waals surface area contributed by atoms with Crippen molar-refractivity contribution >= 4 is 28.7 Å². The van der Waals surface area contributed by atoms with Gasteiger partial charge in [0.25, 0.3) is 0 Å². The maximum absolute atomic E-state index is 13.4. The molecular weight excluding hydrogens is 313 g/mol. The van der Waals surface area contributed by atoms with Gasteiger partial charge in [-0.1, -0.05) is 0 Å². The second-order valence-corrected chi connectivity index (χ2v) is 6.19. The Bertz CT molecular complexity index is 765. The van der Waals surface area contributed by atoms with Crippen LogP contribution in [0.3, 0.4) is 0 Å². The minimum absolute atomic E-state index is 0.0392. The largest absolute Gasteiger partial charge is 0.331 e. The Balaban J connectivity index is 1.63. The molecule has 1 aliphatic heterocycles. The molecule has 0 spiro atoms. The fraction of sp³-hybridized carbons (Fsp3) is 0.438.